The number of rotatable bonds is 5. The summed E-state index contributed by atoms with van der Waals surface area (Å²) in [6.07, 6.45) is 0.471. The van der Waals surface area contributed by atoms with Gasteiger partial charge in [0.15, 0.2) is 0 Å². The van der Waals surface area contributed by atoms with Crippen LogP contribution in [0.1, 0.15) is 20.3 Å². The van der Waals surface area contributed by atoms with Crippen molar-refractivity contribution in [2.24, 2.45) is 0 Å². The van der Waals surface area contributed by atoms with Crippen LogP contribution in [0.25, 0.3) is 0 Å². The van der Waals surface area contributed by atoms with Crippen molar-refractivity contribution in [2.45, 2.75) is 36.6 Å². The highest BCUT2D eigenvalue weighted by Gasteiger charge is 2.21. The van der Waals surface area contributed by atoms with E-state index in [1.807, 2.05) is 0 Å². The molecule has 1 N–H and O–H groups in total. The Morgan fingerprint density at radius 3 is 2.56 bits per heavy atom. The molecule has 0 spiro atoms. The molecule has 3 nitrogen and oxygen atoms in total. The molecule has 0 saturated heterocycles. The third-order valence-corrected chi connectivity index (χ3v) is 4.51. The van der Waals surface area contributed by atoms with E-state index in [1.54, 1.807) is 13.8 Å². The maximum Gasteiger partial charge on any atom is 0.243 e. The predicted octanol–water partition coefficient (Wildman–Crippen LogP) is 3.27. The predicted molar refractivity (Wildman–Crippen MR) is 73.8 cm³/mol. The van der Waals surface area contributed by atoms with Crippen LogP contribution in [0, 0.1) is 5.82 Å². The van der Waals surface area contributed by atoms with Crippen molar-refractivity contribution in [1.82, 2.24) is 4.72 Å². The molecule has 2 unspecified atom stereocenters. The van der Waals surface area contributed by atoms with Crippen LogP contribution in [-0.2, 0) is 10.0 Å². The fraction of sp³-hybridized carbons (Fsp3) is 0.455. The number of benzene rings is 1. The van der Waals surface area contributed by atoms with Gasteiger partial charge in [0, 0.05) is 15.9 Å². The molecule has 0 aliphatic heterocycles. The minimum Gasteiger partial charge on any atom is -0.208 e. The molecule has 1 aromatic rings. The molecular weight excluding hydrogens is 345 g/mol. The van der Waals surface area contributed by atoms with Crippen LogP contribution < -0.4 is 4.72 Å². The van der Waals surface area contributed by atoms with E-state index in [4.69, 9.17) is 11.6 Å². The molecule has 7 heteroatoms. The highest BCUT2D eigenvalue weighted by atomic mass is 79.9. The molecule has 0 bridgehead atoms. The van der Waals surface area contributed by atoms with Gasteiger partial charge in [-0.1, -0.05) is 15.9 Å². The van der Waals surface area contributed by atoms with E-state index in [-0.39, 0.29) is 16.3 Å². The first-order chi connectivity index (χ1) is 8.22. The van der Waals surface area contributed by atoms with Gasteiger partial charge < -0.3 is 0 Å². The van der Waals surface area contributed by atoms with Gasteiger partial charge in [0.05, 0.1) is 0 Å². The quantitative estimate of drug-likeness (QED) is 0.821. The lowest BCUT2D eigenvalue weighted by Crippen LogP contribution is -2.34. The van der Waals surface area contributed by atoms with Crippen LogP contribution in [0.3, 0.4) is 0 Å². The first-order valence-corrected chi connectivity index (χ1v) is 8.05. The van der Waals surface area contributed by atoms with Gasteiger partial charge in [0.2, 0.25) is 10.0 Å². The normalized spacial score (nSPS) is 15.4. The van der Waals surface area contributed by atoms with Crippen LogP contribution in [0.2, 0.25) is 0 Å². The summed E-state index contributed by atoms with van der Waals surface area (Å²) >= 11 is 8.86. The van der Waals surface area contributed by atoms with Crippen molar-refractivity contribution in [3.05, 3.63) is 28.5 Å². The third-order valence-electron chi connectivity index (χ3n) is 2.22. The zero-order valence-electron chi connectivity index (χ0n) is 9.95. The lowest BCUT2D eigenvalue weighted by atomic mass is 10.2. The fourth-order valence-corrected chi connectivity index (χ4v) is 3.47. The van der Waals surface area contributed by atoms with Gasteiger partial charge >= 0.3 is 0 Å². The second-order valence-corrected chi connectivity index (χ2v) is 7.46. The van der Waals surface area contributed by atoms with Crippen LogP contribution in [0.4, 0.5) is 4.39 Å². The Hall–Kier alpha value is -0.170. The van der Waals surface area contributed by atoms with Crippen LogP contribution in [0.15, 0.2) is 27.6 Å². The van der Waals surface area contributed by atoms with Gasteiger partial charge in [0.25, 0.3) is 0 Å². The molecule has 0 amide bonds. The molecule has 18 heavy (non-hydrogen) atoms. The second-order valence-electron chi connectivity index (χ2n) is 4.11. The SMILES string of the molecule is CC(Cl)CC(C)NS(=O)(=O)c1ccc(Br)cc1F. The van der Waals surface area contributed by atoms with Gasteiger partial charge in [-0.25, -0.2) is 17.5 Å². The van der Waals surface area contributed by atoms with Crippen molar-refractivity contribution in [3.63, 3.8) is 0 Å². The van der Waals surface area contributed by atoms with E-state index in [2.05, 4.69) is 20.7 Å². The zero-order valence-corrected chi connectivity index (χ0v) is 13.1. The highest BCUT2D eigenvalue weighted by Crippen LogP contribution is 2.20. The Bertz CT molecular complexity index is 522. The maximum absolute atomic E-state index is 13.6. The smallest absolute Gasteiger partial charge is 0.208 e. The van der Waals surface area contributed by atoms with Gasteiger partial charge in [-0.15, -0.1) is 11.6 Å². The third kappa shape index (κ3) is 4.50. The standard InChI is InChI=1S/C11H14BrClFNO2S/c1-7(13)5-8(2)15-18(16,17)11-4-3-9(12)6-10(11)14/h3-4,6-8,15H,5H2,1-2H3. The molecule has 0 aromatic heterocycles. The second kappa shape index (κ2) is 6.32. The number of sulfonamides is 1. The summed E-state index contributed by atoms with van der Waals surface area (Å²) < 4.78 is 40.4. The molecule has 0 aliphatic carbocycles. The number of halogens is 3. The average Bonchev–Trinajstić information content (AvgIpc) is 2.13. The van der Waals surface area contributed by atoms with Crippen molar-refractivity contribution in [3.8, 4) is 0 Å². The molecule has 1 aromatic carbocycles. The van der Waals surface area contributed by atoms with E-state index in [0.29, 0.717) is 10.9 Å². The maximum atomic E-state index is 13.6. The average molecular weight is 359 g/mol. The van der Waals surface area contributed by atoms with E-state index >= 15 is 0 Å². The minimum absolute atomic E-state index is 0.155. The van der Waals surface area contributed by atoms with Crippen molar-refractivity contribution in [1.29, 1.82) is 0 Å². The molecule has 0 heterocycles. The Morgan fingerprint density at radius 1 is 1.44 bits per heavy atom. The van der Waals surface area contributed by atoms with Crippen molar-refractivity contribution in [2.75, 3.05) is 0 Å². The van der Waals surface area contributed by atoms with Crippen LogP contribution in [-0.4, -0.2) is 19.8 Å². The summed E-state index contributed by atoms with van der Waals surface area (Å²) in [6, 6.07) is 3.46. The largest absolute Gasteiger partial charge is 0.243 e. The summed E-state index contributed by atoms with van der Waals surface area (Å²) in [5.41, 5.74) is 0. The topological polar surface area (TPSA) is 46.2 Å². The lowest BCUT2D eigenvalue weighted by Gasteiger charge is -2.15. The van der Waals surface area contributed by atoms with Crippen molar-refractivity contribution < 1.29 is 12.8 Å². The van der Waals surface area contributed by atoms with E-state index < -0.39 is 15.8 Å². The van der Waals surface area contributed by atoms with E-state index in [9.17, 15) is 12.8 Å². The van der Waals surface area contributed by atoms with Gasteiger partial charge in [-0.3, -0.25) is 0 Å². The first-order valence-electron chi connectivity index (χ1n) is 5.34. The number of hydrogen-bond donors (Lipinski definition) is 1. The highest BCUT2D eigenvalue weighted by molar-refractivity contribution is 9.10. The van der Waals surface area contributed by atoms with Crippen molar-refractivity contribution >= 4 is 37.6 Å². The molecule has 0 saturated carbocycles. The lowest BCUT2D eigenvalue weighted by molar-refractivity contribution is 0.532. The minimum atomic E-state index is -3.86. The summed E-state index contributed by atoms with van der Waals surface area (Å²) in [5, 5.41) is -0.155. The molecule has 0 radical (unpaired) electrons. The molecule has 0 aliphatic rings. The number of hydrogen-bond acceptors (Lipinski definition) is 2. The fourth-order valence-electron chi connectivity index (χ4n) is 1.56. The van der Waals surface area contributed by atoms with Gasteiger partial charge in [-0.05, 0) is 38.5 Å². The van der Waals surface area contributed by atoms with Crippen LogP contribution in [0.5, 0.6) is 0 Å². The molecule has 1 rings (SSSR count). The van der Waals surface area contributed by atoms with E-state index in [1.165, 1.54) is 12.1 Å². The summed E-state index contributed by atoms with van der Waals surface area (Å²) in [5.74, 6) is -0.789. The summed E-state index contributed by atoms with van der Waals surface area (Å²) in [7, 11) is -3.86. The summed E-state index contributed by atoms with van der Waals surface area (Å²) in [4.78, 5) is -0.361. The van der Waals surface area contributed by atoms with E-state index in [0.717, 1.165) is 6.07 Å². The summed E-state index contributed by atoms with van der Waals surface area (Å²) in [6.45, 7) is 3.46. The van der Waals surface area contributed by atoms with Gasteiger partial charge in [-0.2, -0.15) is 0 Å². The molecule has 102 valence electrons. The molecule has 2 atom stereocenters. The Balaban J connectivity index is 2.93. The number of alkyl halides is 1. The Labute approximate surface area is 120 Å². The first kappa shape index (κ1) is 15.9. The Morgan fingerprint density at radius 2 is 2.06 bits per heavy atom. The zero-order chi connectivity index (χ0) is 13.9. The van der Waals surface area contributed by atoms with Gasteiger partial charge in [0.1, 0.15) is 10.7 Å². The van der Waals surface area contributed by atoms with Crippen LogP contribution >= 0.6 is 27.5 Å². The number of nitrogens with one attached hydrogen (secondary N) is 1. The molecule has 0 fully saturated rings. The monoisotopic (exact) mass is 357 g/mol. The Kier molecular flexibility index (Phi) is 5.58. The molecular formula is C11H14BrClFNO2S.